The number of benzene rings is 2. The molecule has 4 rings (SSSR count). The standard InChI is InChI=1S/C24H20F4N4O/c1-2-12-32-20(30-19-4-3-11-29-23(19)32)14-31(13-15-5-7-16(25)8-6-15)24(33)21-17(26)9-10-18(27)22(21)28/h3-11H,2,12-14H2,1H3. The lowest BCUT2D eigenvalue weighted by atomic mass is 10.1. The van der Waals surface area contributed by atoms with Crippen LogP contribution < -0.4 is 0 Å². The van der Waals surface area contributed by atoms with Crippen LogP contribution in [0.3, 0.4) is 0 Å². The number of halogens is 4. The van der Waals surface area contributed by atoms with Crippen molar-refractivity contribution in [3.05, 3.63) is 94.9 Å². The van der Waals surface area contributed by atoms with E-state index in [-0.39, 0.29) is 13.1 Å². The van der Waals surface area contributed by atoms with E-state index in [2.05, 4.69) is 9.97 Å². The van der Waals surface area contributed by atoms with E-state index >= 15 is 0 Å². The van der Waals surface area contributed by atoms with Crippen LogP contribution in [0.4, 0.5) is 17.6 Å². The van der Waals surface area contributed by atoms with E-state index in [1.54, 1.807) is 18.3 Å². The number of fused-ring (bicyclic) bond motifs is 1. The van der Waals surface area contributed by atoms with Crippen LogP contribution in [0.1, 0.15) is 35.1 Å². The Bertz CT molecular complexity index is 1300. The number of amides is 1. The van der Waals surface area contributed by atoms with Crippen molar-refractivity contribution in [3.8, 4) is 0 Å². The van der Waals surface area contributed by atoms with E-state index in [4.69, 9.17) is 0 Å². The molecule has 0 atom stereocenters. The molecule has 2 aromatic heterocycles. The molecule has 2 aromatic carbocycles. The van der Waals surface area contributed by atoms with Gasteiger partial charge < -0.3 is 9.47 Å². The Morgan fingerprint density at radius 3 is 2.42 bits per heavy atom. The van der Waals surface area contributed by atoms with Gasteiger partial charge in [0.1, 0.15) is 28.5 Å². The number of carbonyl (C=O) groups is 1. The second kappa shape index (κ2) is 9.40. The third-order valence-electron chi connectivity index (χ3n) is 5.19. The summed E-state index contributed by atoms with van der Waals surface area (Å²) in [5, 5.41) is 0. The van der Waals surface area contributed by atoms with Gasteiger partial charge in [-0.25, -0.2) is 27.5 Å². The van der Waals surface area contributed by atoms with Crippen molar-refractivity contribution in [1.82, 2.24) is 19.4 Å². The van der Waals surface area contributed by atoms with Crippen molar-refractivity contribution < 1.29 is 22.4 Å². The zero-order chi connectivity index (χ0) is 23.5. The maximum Gasteiger partial charge on any atom is 0.260 e. The van der Waals surface area contributed by atoms with Crippen molar-refractivity contribution in [3.63, 3.8) is 0 Å². The van der Waals surface area contributed by atoms with Gasteiger partial charge in [0.25, 0.3) is 5.91 Å². The first-order valence-corrected chi connectivity index (χ1v) is 10.4. The van der Waals surface area contributed by atoms with Crippen LogP contribution in [-0.2, 0) is 19.6 Å². The molecule has 0 spiro atoms. The van der Waals surface area contributed by atoms with E-state index in [0.717, 1.165) is 11.3 Å². The van der Waals surface area contributed by atoms with Crippen LogP contribution in [0.2, 0.25) is 0 Å². The molecular formula is C24H20F4N4O. The highest BCUT2D eigenvalue weighted by atomic mass is 19.2. The highest BCUT2D eigenvalue weighted by molar-refractivity contribution is 5.94. The summed E-state index contributed by atoms with van der Waals surface area (Å²) >= 11 is 0. The zero-order valence-electron chi connectivity index (χ0n) is 17.7. The normalized spacial score (nSPS) is 11.2. The molecule has 2 heterocycles. The average molecular weight is 456 g/mol. The molecule has 0 saturated carbocycles. The largest absolute Gasteiger partial charge is 0.327 e. The third kappa shape index (κ3) is 4.57. The lowest BCUT2D eigenvalue weighted by Crippen LogP contribution is -2.33. The number of aryl methyl sites for hydroxylation is 1. The minimum absolute atomic E-state index is 0.0999. The summed E-state index contributed by atoms with van der Waals surface area (Å²) in [5.74, 6) is -5.12. The fourth-order valence-electron chi connectivity index (χ4n) is 3.65. The van der Waals surface area contributed by atoms with Crippen molar-refractivity contribution >= 4 is 17.1 Å². The summed E-state index contributed by atoms with van der Waals surface area (Å²) in [6.45, 7) is 2.31. The van der Waals surface area contributed by atoms with E-state index in [1.165, 1.54) is 24.3 Å². The first-order chi connectivity index (χ1) is 15.9. The Morgan fingerprint density at radius 1 is 0.970 bits per heavy atom. The maximum absolute atomic E-state index is 14.4. The van der Waals surface area contributed by atoms with Gasteiger partial charge in [-0.05, 0) is 48.4 Å². The first-order valence-electron chi connectivity index (χ1n) is 10.4. The van der Waals surface area contributed by atoms with E-state index in [9.17, 15) is 22.4 Å². The number of hydrogen-bond donors (Lipinski definition) is 0. The Labute approximate surface area is 187 Å². The molecule has 0 N–H and O–H groups in total. The number of pyridine rings is 1. The number of rotatable bonds is 7. The van der Waals surface area contributed by atoms with Gasteiger partial charge in [-0.1, -0.05) is 19.1 Å². The smallest absolute Gasteiger partial charge is 0.260 e. The highest BCUT2D eigenvalue weighted by Crippen LogP contribution is 2.22. The zero-order valence-corrected chi connectivity index (χ0v) is 17.7. The number of carbonyl (C=O) groups excluding carboxylic acids is 1. The molecule has 1 amide bonds. The summed E-state index contributed by atoms with van der Waals surface area (Å²) in [6.07, 6.45) is 2.38. The molecule has 0 unspecified atom stereocenters. The van der Waals surface area contributed by atoms with Gasteiger partial charge in [0.15, 0.2) is 17.3 Å². The quantitative estimate of drug-likeness (QED) is 0.282. The molecule has 4 aromatic rings. The predicted octanol–water partition coefficient (Wildman–Crippen LogP) is 5.24. The second-order valence-electron chi connectivity index (χ2n) is 7.53. The van der Waals surface area contributed by atoms with Crippen LogP contribution in [-0.4, -0.2) is 25.3 Å². The van der Waals surface area contributed by atoms with Gasteiger partial charge in [0.05, 0.1) is 6.54 Å². The lowest BCUT2D eigenvalue weighted by Gasteiger charge is -2.24. The minimum atomic E-state index is -1.56. The van der Waals surface area contributed by atoms with Crippen LogP contribution in [0, 0.1) is 23.3 Å². The topological polar surface area (TPSA) is 51.0 Å². The number of nitrogens with zero attached hydrogens (tertiary/aromatic N) is 4. The molecule has 0 aliphatic rings. The first kappa shape index (κ1) is 22.4. The molecule has 0 aliphatic heterocycles. The van der Waals surface area contributed by atoms with Crippen molar-refractivity contribution in [2.45, 2.75) is 33.0 Å². The SMILES string of the molecule is CCCn1c(CN(Cc2ccc(F)cc2)C(=O)c2c(F)ccc(F)c2F)nc2cccnc21. The Morgan fingerprint density at radius 2 is 1.70 bits per heavy atom. The average Bonchev–Trinajstić information content (AvgIpc) is 3.15. The van der Waals surface area contributed by atoms with Crippen molar-refractivity contribution in [1.29, 1.82) is 0 Å². The van der Waals surface area contributed by atoms with Crippen LogP contribution in [0.15, 0.2) is 54.7 Å². The van der Waals surface area contributed by atoms with Gasteiger partial charge in [-0.2, -0.15) is 0 Å². The third-order valence-corrected chi connectivity index (χ3v) is 5.19. The second-order valence-corrected chi connectivity index (χ2v) is 7.53. The molecule has 170 valence electrons. The molecule has 9 heteroatoms. The number of aromatic nitrogens is 3. The van der Waals surface area contributed by atoms with Crippen LogP contribution in [0.25, 0.3) is 11.2 Å². The minimum Gasteiger partial charge on any atom is -0.327 e. The lowest BCUT2D eigenvalue weighted by molar-refractivity contribution is 0.0712. The number of hydrogen-bond acceptors (Lipinski definition) is 3. The molecule has 0 fully saturated rings. The van der Waals surface area contributed by atoms with Crippen molar-refractivity contribution in [2.24, 2.45) is 0 Å². The highest BCUT2D eigenvalue weighted by Gasteiger charge is 2.27. The molecule has 0 saturated heterocycles. The fourth-order valence-corrected chi connectivity index (χ4v) is 3.65. The predicted molar refractivity (Wildman–Crippen MR) is 114 cm³/mol. The Kier molecular flexibility index (Phi) is 6.39. The summed E-state index contributed by atoms with van der Waals surface area (Å²) in [5.41, 5.74) is 0.761. The van der Waals surface area contributed by atoms with E-state index < -0.39 is 34.7 Å². The van der Waals surface area contributed by atoms with Gasteiger partial charge in [-0.15, -0.1) is 0 Å². The molecule has 0 radical (unpaired) electrons. The van der Waals surface area contributed by atoms with Gasteiger partial charge >= 0.3 is 0 Å². The monoisotopic (exact) mass is 456 g/mol. The molecule has 0 bridgehead atoms. The van der Waals surface area contributed by atoms with E-state index in [1.807, 2.05) is 11.5 Å². The molecule has 33 heavy (non-hydrogen) atoms. The maximum atomic E-state index is 14.4. The van der Waals surface area contributed by atoms with E-state index in [0.29, 0.717) is 41.2 Å². The Hall–Kier alpha value is -3.75. The Balaban J connectivity index is 1.78. The summed E-state index contributed by atoms with van der Waals surface area (Å²) in [4.78, 5) is 23.3. The number of imidazole rings is 1. The van der Waals surface area contributed by atoms with Crippen molar-refractivity contribution in [2.75, 3.05) is 0 Å². The van der Waals surface area contributed by atoms with Gasteiger partial charge in [-0.3, -0.25) is 4.79 Å². The van der Waals surface area contributed by atoms with Crippen LogP contribution >= 0.6 is 0 Å². The van der Waals surface area contributed by atoms with Gasteiger partial charge in [0, 0.05) is 19.3 Å². The molecular weight excluding hydrogens is 436 g/mol. The summed E-state index contributed by atoms with van der Waals surface area (Å²) < 4.78 is 57.8. The fraction of sp³-hybridized carbons (Fsp3) is 0.208. The molecule has 0 aliphatic carbocycles. The van der Waals surface area contributed by atoms with Crippen LogP contribution in [0.5, 0.6) is 0 Å². The summed E-state index contributed by atoms with van der Waals surface area (Å²) in [7, 11) is 0. The molecule has 5 nitrogen and oxygen atoms in total. The van der Waals surface area contributed by atoms with Gasteiger partial charge in [0.2, 0.25) is 0 Å². The summed E-state index contributed by atoms with van der Waals surface area (Å²) in [6, 6.07) is 10.2.